The molecule has 0 N–H and O–H groups in total. The number of likely N-dealkylation sites (N-methyl/N-ethyl adjacent to an activating group) is 1. The molecule has 0 unspecified atom stereocenters. The molecule has 0 aliphatic carbocycles. The number of hydrogen-bond acceptors (Lipinski definition) is 4. The van der Waals surface area contributed by atoms with Crippen LogP contribution in [0.4, 0.5) is 0 Å². The van der Waals surface area contributed by atoms with Crippen molar-refractivity contribution in [2.24, 2.45) is 0 Å². The van der Waals surface area contributed by atoms with Gasteiger partial charge in [-0.3, -0.25) is 4.90 Å². The second-order valence-electron chi connectivity index (χ2n) is 5.65. The highest BCUT2D eigenvalue weighted by Crippen LogP contribution is 2.17. The van der Waals surface area contributed by atoms with Crippen molar-refractivity contribution in [3.8, 4) is 5.75 Å². The lowest BCUT2D eigenvalue weighted by Crippen LogP contribution is -2.24. The lowest BCUT2D eigenvalue weighted by molar-refractivity contribution is 0.232. The summed E-state index contributed by atoms with van der Waals surface area (Å²) >= 11 is 5.92. The van der Waals surface area contributed by atoms with Crippen LogP contribution in [0, 0.1) is 0 Å². The smallest absolute Gasteiger partial charge is 0.130 e. The van der Waals surface area contributed by atoms with Crippen molar-refractivity contribution in [2.75, 3.05) is 20.2 Å². The summed E-state index contributed by atoms with van der Waals surface area (Å²) in [7, 11) is 2.05. The van der Waals surface area contributed by atoms with Gasteiger partial charge in [-0.25, -0.2) is 9.97 Å². The summed E-state index contributed by atoms with van der Waals surface area (Å²) in [6.45, 7) is 6.42. The van der Waals surface area contributed by atoms with Crippen LogP contribution in [0.1, 0.15) is 31.2 Å². The molecule has 5 heteroatoms. The minimum Gasteiger partial charge on any atom is -0.492 e. The Labute approximate surface area is 137 Å². The monoisotopic (exact) mass is 319 g/mol. The third-order valence-electron chi connectivity index (χ3n) is 3.23. The van der Waals surface area contributed by atoms with Gasteiger partial charge in [-0.05, 0) is 25.2 Å². The van der Waals surface area contributed by atoms with Crippen LogP contribution in [0.5, 0.6) is 5.75 Å². The number of rotatable bonds is 7. The van der Waals surface area contributed by atoms with Crippen LogP contribution in [-0.2, 0) is 6.54 Å². The average Bonchev–Trinajstić information content (AvgIpc) is 2.48. The maximum absolute atomic E-state index is 5.92. The number of benzene rings is 1. The topological polar surface area (TPSA) is 38.2 Å². The van der Waals surface area contributed by atoms with Crippen LogP contribution < -0.4 is 4.74 Å². The van der Waals surface area contributed by atoms with E-state index in [9.17, 15) is 0 Å². The number of hydrogen-bond donors (Lipinski definition) is 0. The van der Waals surface area contributed by atoms with E-state index in [0.717, 1.165) is 30.2 Å². The summed E-state index contributed by atoms with van der Waals surface area (Å²) in [5, 5.41) is 0.688. The van der Waals surface area contributed by atoms with E-state index in [-0.39, 0.29) is 0 Å². The molecule has 0 spiro atoms. The van der Waals surface area contributed by atoms with E-state index in [1.54, 1.807) is 0 Å². The molecule has 22 heavy (non-hydrogen) atoms. The molecule has 1 heterocycles. The Kier molecular flexibility index (Phi) is 6.16. The number of ether oxygens (including phenoxy) is 1. The zero-order valence-corrected chi connectivity index (χ0v) is 14.0. The van der Waals surface area contributed by atoms with Gasteiger partial charge in [0.1, 0.15) is 18.2 Å². The van der Waals surface area contributed by atoms with Crippen molar-refractivity contribution in [1.29, 1.82) is 0 Å². The van der Waals surface area contributed by atoms with Crippen LogP contribution in [0.3, 0.4) is 0 Å². The van der Waals surface area contributed by atoms with Gasteiger partial charge in [0.25, 0.3) is 0 Å². The van der Waals surface area contributed by atoms with E-state index in [1.807, 2.05) is 36.7 Å². The van der Waals surface area contributed by atoms with Gasteiger partial charge >= 0.3 is 0 Å². The predicted octanol–water partition coefficient (Wildman–Crippen LogP) is 3.76. The average molecular weight is 320 g/mol. The van der Waals surface area contributed by atoms with Crippen LogP contribution in [-0.4, -0.2) is 35.1 Å². The van der Waals surface area contributed by atoms with E-state index >= 15 is 0 Å². The Balaban J connectivity index is 1.76. The van der Waals surface area contributed by atoms with Crippen molar-refractivity contribution >= 4 is 11.6 Å². The van der Waals surface area contributed by atoms with E-state index in [0.29, 0.717) is 17.5 Å². The number of halogens is 1. The molecule has 0 saturated heterocycles. The molecule has 1 aromatic heterocycles. The summed E-state index contributed by atoms with van der Waals surface area (Å²) in [5.41, 5.74) is 1.11. The third kappa shape index (κ3) is 5.28. The zero-order chi connectivity index (χ0) is 15.9. The highest BCUT2D eigenvalue weighted by Gasteiger charge is 2.05. The quantitative estimate of drug-likeness (QED) is 0.778. The maximum Gasteiger partial charge on any atom is 0.130 e. The predicted molar refractivity (Wildman–Crippen MR) is 89.4 cm³/mol. The molecule has 1 aromatic carbocycles. The van der Waals surface area contributed by atoms with Crippen molar-refractivity contribution in [3.63, 3.8) is 0 Å². The molecule has 0 bridgehead atoms. The van der Waals surface area contributed by atoms with Gasteiger partial charge in [0.05, 0.1) is 0 Å². The molecular formula is C17H22ClN3O. The highest BCUT2D eigenvalue weighted by molar-refractivity contribution is 6.30. The Morgan fingerprint density at radius 1 is 1.23 bits per heavy atom. The van der Waals surface area contributed by atoms with E-state index in [4.69, 9.17) is 16.3 Å². The molecule has 2 aromatic rings. The van der Waals surface area contributed by atoms with Gasteiger partial charge in [0.2, 0.25) is 0 Å². The molecule has 0 aliphatic heterocycles. The van der Waals surface area contributed by atoms with E-state index in [2.05, 4.69) is 35.8 Å². The number of nitrogens with zero attached hydrogens (tertiary/aromatic N) is 3. The minimum atomic E-state index is 0.359. The Hall–Kier alpha value is -1.65. The van der Waals surface area contributed by atoms with Gasteiger partial charge in [-0.2, -0.15) is 0 Å². The SMILES string of the molecule is CC(C)c1ncc(CN(C)CCOc2cccc(Cl)c2)cn1. The first-order valence-corrected chi connectivity index (χ1v) is 7.80. The fourth-order valence-electron chi connectivity index (χ4n) is 2.01. The molecule has 118 valence electrons. The van der Waals surface area contributed by atoms with Crippen molar-refractivity contribution in [3.05, 3.63) is 53.1 Å². The summed E-state index contributed by atoms with van der Waals surface area (Å²) in [5.74, 6) is 2.04. The fourth-order valence-corrected chi connectivity index (χ4v) is 2.19. The molecule has 0 aliphatic rings. The number of aromatic nitrogens is 2. The Bertz CT molecular complexity index is 587. The van der Waals surface area contributed by atoms with E-state index < -0.39 is 0 Å². The molecular weight excluding hydrogens is 298 g/mol. The summed E-state index contributed by atoms with van der Waals surface area (Å²) in [4.78, 5) is 10.9. The Morgan fingerprint density at radius 2 is 1.95 bits per heavy atom. The minimum absolute atomic E-state index is 0.359. The first kappa shape index (κ1) is 16.7. The van der Waals surface area contributed by atoms with Gasteiger partial charge in [0.15, 0.2) is 0 Å². The van der Waals surface area contributed by atoms with Crippen molar-refractivity contribution in [2.45, 2.75) is 26.3 Å². The molecule has 0 saturated carbocycles. The first-order valence-electron chi connectivity index (χ1n) is 7.42. The molecule has 4 nitrogen and oxygen atoms in total. The van der Waals surface area contributed by atoms with Crippen molar-refractivity contribution in [1.82, 2.24) is 14.9 Å². The molecule has 0 radical (unpaired) electrons. The van der Waals surface area contributed by atoms with Crippen molar-refractivity contribution < 1.29 is 4.74 Å². The molecule has 0 atom stereocenters. The lowest BCUT2D eigenvalue weighted by atomic mass is 10.2. The van der Waals surface area contributed by atoms with Gasteiger partial charge in [0, 0.05) is 42.0 Å². The molecule has 0 amide bonds. The lowest BCUT2D eigenvalue weighted by Gasteiger charge is -2.17. The first-order chi connectivity index (χ1) is 10.5. The van der Waals surface area contributed by atoms with E-state index in [1.165, 1.54) is 0 Å². The second-order valence-corrected chi connectivity index (χ2v) is 6.08. The van der Waals surface area contributed by atoms with Gasteiger partial charge in [-0.15, -0.1) is 0 Å². The fraction of sp³-hybridized carbons (Fsp3) is 0.412. The van der Waals surface area contributed by atoms with Crippen LogP contribution in [0.2, 0.25) is 5.02 Å². The third-order valence-corrected chi connectivity index (χ3v) is 3.47. The van der Waals surface area contributed by atoms with Crippen LogP contribution >= 0.6 is 11.6 Å². The summed E-state index contributed by atoms with van der Waals surface area (Å²) in [6, 6.07) is 7.45. The standard InChI is InChI=1S/C17H22ClN3O/c1-13(2)17-19-10-14(11-20-17)12-21(3)7-8-22-16-6-4-5-15(18)9-16/h4-6,9-11,13H,7-8,12H2,1-3H3. The Morgan fingerprint density at radius 3 is 2.59 bits per heavy atom. The van der Waals surface area contributed by atoms with Crippen LogP contribution in [0.25, 0.3) is 0 Å². The van der Waals surface area contributed by atoms with Gasteiger partial charge in [-0.1, -0.05) is 31.5 Å². The highest BCUT2D eigenvalue weighted by atomic mass is 35.5. The normalized spacial score (nSPS) is 11.2. The van der Waals surface area contributed by atoms with Gasteiger partial charge < -0.3 is 4.74 Å². The zero-order valence-electron chi connectivity index (χ0n) is 13.3. The molecule has 0 fully saturated rings. The second kappa shape index (κ2) is 8.11. The largest absolute Gasteiger partial charge is 0.492 e. The maximum atomic E-state index is 5.92. The van der Waals surface area contributed by atoms with Crippen LogP contribution in [0.15, 0.2) is 36.7 Å². The molecule has 2 rings (SSSR count). The summed E-state index contributed by atoms with van der Waals surface area (Å²) in [6.07, 6.45) is 3.80. The summed E-state index contributed by atoms with van der Waals surface area (Å²) < 4.78 is 5.69.